The van der Waals surface area contributed by atoms with Crippen molar-refractivity contribution in [3.8, 4) is 5.75 Å². The van der Waals surface area contributed by atoms with Gasteiger partial charge in [0.05, 0.1) is 12.1 Å². The molecule has 14 heavy (non-hydrogen) atoms. The van der Waals surface area contributed by atoms with Crippen LogP contribution in [0.1, 0.15) is 11.4 Å². The summed E-state index contributed by atoms with van der Waals surface area (Å²) in [6.07, 6.45) is 1.68. The topological polar surface area (TPSA) is 56.5 Å². The Hall–Kier alpha value is -1.91. The van der Waals surface area contributed by atoms with Gasteiger partial charge in [-0.2, -0.15) is 5.10 Å². The largest absolute Gasteiger partial charge is 0.424 e. The van der Waals surface area contributed by atoms with Crippen LogP contribution in [0.5, 0.6) is 5.75 Å². The molecule has 0 aliphatic carbocycles. The van der Waals surface area contributed by atoms with Gasteiger partial charge >= 0.3 is 5.97 Å². The molecule has 0 atom stereocenters. The summed E-state index contributed by atoms with van der Waals surface area (Å²) in [5, 5.41) is 4.08. The molecule has 0 amide bonds. The van der Waals surface area contributed by atoms with E-state index in [9.17, 15) is 4.79 Å². The quantitative estimate of drug-likeness (QED) is 0.566. The van der Waals surface area contributed by atoms with E-state index < -0.39 is 0 Å². The van der Waals surface area contributed by atoms with Crippen molar-refractivity contribution in [2.45, 2.75) is 13.3 Å². The number of ether oxygens (including phenoxy) is 1. The molecular formula is C9H7N3O2. The number of carbonyl (C=O) groups excluding carboxylic acids is 1. The van der Waals surface area contributed by atoms with Crippen molar-refractivity contribution in [2.24, 2.45) is 0 Å². The molecule has 0 bridgehead atoms. The molecule has 2 aromatic heterocycles. The molecular weight excluding hydrogens is 182 g/mol. The average Bonchev–Trinajstić information content (AvgIpc) is 2.45. The Labute approximate surface area is 79.3 Å². The first kappa shape index (κ1) is 7.49. The number of carbonyl (C=O) groups is 1. The van der Waals surface area contributed by atoms with Crippen molar-refractivity contribution in [1.29, 1.82) is 0 Å². The third-order valence-electron chi connectivity index (χ3n) is 2.31. The Bertz CT molecular complexity index is 544. The minimum atomic E-state index is -0.260. The van der Waals surface area contributed by atoms with E-state index in [1.54, 1.807) is 10.6 Å². The van der Waals surface area contributed by atoms with Crippen LogP contribution in [0.15, 0.2) is 12.4 Å². The molecule has 3 heterocycles. The van der Waals surface area contributed by atoms with Gasteiger partial charge in [0.2, 0.25) is 0 Å². The van der Waals surface area contributed by atoms with Crippen molar-refractivity contribution in [3.63, 3.8) is 0 Å². The van der Waals surface area contributed by atoms with E-state index in [0.717, 1.165) is 16.9 Å². The van der Waals surface area contributed by atoms with Crippen LogP contribution in [-0.2, 0) is 11.2 Å². The summed E-state index contributed by atoms with van der Waals surface area (Å²) in [6.45, 7) is 1.91. The van der Waals surface area contributed by atoms with Gasteiger partial charge in [-0.15, -0.1) is 0 Å². The lowest BCUT2D eigenvalue weighted by Crippen LogP contribution is -2.17. The summed E-state index contributed by atoms with van der Waals surface area (Å²) in [7, 11) is 0. The molecule has 0 radical (unpaired) electrons. The minimum absolute atomic E-state index is 0.225. The second kappa shape index (κ2) is 2.31. The molecule has 3 rings (SSSR count). The standard InChI is InChI=1S/C9H7N3O2/c1-5-2-7-9-6(3-8(13)14-7)10-4-11-12(5)9/h2,4H,3H2,1H3. The smallest absolute Gasteiger partial charge is 0.317 e. The van der Waals surface area contributed by atoms with Crippen LogP contribution in [0.25, 0.3) is 5.52 Å². The van der Waals surface area contributed by atoms with Gasteiger partial charge in [-0.05, 0) is 6.92 Å². The second-order valence-corrected chi connectivity index (χ2v) is 3.27. The molecule has 1 aliphatic heterocycles. The predicted molar refractivity (Wildman–Crippen MR) is 47.1 cm³/mol. The number of hydrogen-bond acceptors (Lipinski definition) is 4. The maximum Gasteiger partial charge on any atom is 0.317 e. The highest BCUT2D eigenvalue weighted by Crippen LogP contribution is 2.29. The summed E-state index contributed by atoms with van der Waals surface area (Å²) < 4.78 is 6.83. The molecule has 0 unspecified atom stereocenters. The monoisotopic (exact) mass is 189 g/mol. The maximum absolute atomic E-state index is 11.2. The molecule has 1 aliphatic rings. The van der Waals surface area contributed by atoms with Crippen LogP contribution in [0.3, 0.4) is 0 Å². The number of esters is 1. The minimum Gasteiger partial charge on any atom is -0.424 e. The summed E-state index contributed by atoms with van der Waals surface area (Å²) in [5.41, 5.74) is 2.48. The van der Waals surface area contributed by atoms with E-state index in [4.69, 9.17) is 4.74 Å². The zero-order chi connectivity index (χ0) is 9.71. The third kappa shape index (κ3) is 0.810. The fourth-order valence-electron chi connectivity index (χ4n) is 1.72. The maximum atomic E-state index is 11.2. The fourth-order valence-corrected chi connectivity index (χ4v) is 1.72. The highest BCUT2D eigenvalue weighted by atomic mass is 16.5. The van der Waals surface area contributed by atoms with Crippen LogP contribution in [-0.4, -0.2) is 20.6 Å². The van der Waals surface area contributed by atoms with E-state index in [2.05, 4.69) is 10.1 Å². The van der Waals surface area contributed by atoms with Gasteiger partial charge in [0, 0.05) is 11.8 Å². The van der Waals surface area contributed by atoms with Crippen LogP contribution >= 0.6 is 0 Å². The van der Waals surface area contributed by atoms with Crippen LogP contribution in [0.2, 0.25) is 0 Å². The van der Waals surface area contributed by atoms with Gasteiger partial charge < -0.3 is 4.74 Å². The Morgan fingerprint density at radius 1 is 1.57 bits per heavy atom. The van der Waals surface area contributed by atoms with Gasteiger partial charge in [-0.1, -0.05) is 0 Å². The zero-order valence-corrected chi connectivity index (χ0v) is 7.52. The average molecular weight is 189 g/mol. The van der Waals surface area contributed by atoms with Crippen molar-refractivity contribution in [2.75, 3.05) is 0 Å². The lowest BCUT2D eigenvalue weighted by atomic mass is 10.2. The molecule has 0 fully saturated rings. The SMILES string of the molecule is Cc1cc2c3c(ncnn13)CC(=O)O2. The first-order chi connectivity index (χ1) is 6.75. The highest BCUT2D eigenvalue weighted by Gasteiger charge is 2.23. The molecule has 70 valence electrons. The Morgan fingerprint density at radius 3 is 3.29 bits per heavy atom. The van der Waals surface area contributed by atoms with Crippen molar-refractivity contribution >= 4 is 11.5 Å². The number of aryl methyl sites for hydroxylation is 1. The highest BCUT2D eigenvalue weighted by molar-refractivity contribution is 5.85. The molecule has 0 saturated carbocycles. The molecule has 0 aromatic carbocycles. The molecule has 2 aromatic rings. The van der Waals surface area contributed by atoms with Gasteiger partial charge in [0.15, 0.2) is 5.75 Å². The van der Waals surface area contributed by atoms with Crippen LogP contribution < -0.4 is 4.74 Å². The molecule has 0 saturated heterocycles. The van der Waals surface area contributed by atoms with Crippen LogP contribution in [0, 0.1) is 6.92 Å². The van der Waals surface area contributed by atoms with E-state index in [1.807, 2.05) is 6.92 Å². The van der Waals surface area contributed by atoms with E-state index in [-0.39, 0.29) is 12.4 Å². The summed E-state index contributed by atoms with van der Waals surface area (Å²) >= 11 is 0. The van der Waals surface area contributed by atoms with Crippen molar-refractivity contribution in [1.82, 2.24) is 14.6 Å². The third-order valence-corrected chi connectivity index (χ3v) is 2.31. The number of nitrogens with zero attached hydrogens (tertiary/aromatic N) is 3. The number of aromatic nitrogens is 3. The first-order valence-corrected chi connectivity index (χ1v) is 4.28. The van der Waals surface area contributed by atoms with Gasteiger partial charge in [-0.25, -0.2) is 9.50 Å². The summed E-state index contributed by atoms with van der Waals surface area (Å²) in [4.78, 5) is 15.3. The summed E-state index contributed by atoms with van der Waals surface area (Å²) in [5.74, 6) is 0.304. The normalized spacial score (nSPS) is 14.5. The first-order valence-electron chi connectivity index (χ1n) is 4.28. The Morgan fingerprint density at radius 2 is 2.43 bits per heavy atom. The summed E-state index contributed by atoms with van der Waals surface area (Å²) in [6, 6.07) is 1.80. The number of rotatable bonds is 0. The van der Waals surface area contributed by atoms with Gasteiger partial charge in [0.25, 0.3) is 0 Å². The van der Waals surface area contributed by atoms with Gasteiger partial charge in [0.1, 0.15) is 11.8 Å². The van der Waals surface area contributed by atoms with E-state index in [1.165, 1.54) is 6.33 Å². The lowest BCUT2D eigenvalue weighted by Gasteiger charge is -2.10. The molecule has 5 nitrogen and oxygen atoms in total. The van der Waals surface area contributed by atoms with Crippen molar-refractivity contribution < 1.29 is 9.53 Å². The fraction of sp³-hybridized carbons (Fsp3) is 0.222. The number of hydrogen-bond donors (Lipinski definition) is 0. The van der Waals surface area contributed by atoms with Crippen molar-refractivity contribution in [3.05, 3.63) is 23.8 Å². The van der Waals surface area contributed by atoms with E-state index >= 15 is 0 Å². The second-order valence-electron chi connectivity index (χ2n) is 3.27. The van der Waals surface area contributed by atoms with Gasteiger partial charge in [-0.3, -0.25) is 4.79 Å². The molecule has 0 spiro atoms. The Kier molecular flexibility index (Phi) is 1.24. The zero-order valence-electron chi connectivity index (χ0n) is 7.52. The lowest BCUT2D eigenvalue weighted by molar-refractivity contribution is -0.133. The molecule has 5 heteroatoms. The Balaban J connectivity index is 2.46. The molecule has 0 N–H and O–H groups in total. The van der Waals surface area contributed by atoms with E-state index in [0.29, 0.717) is 5.75 Å². The van der Waals surface area contributed by atoms with Crippen LogP contribution in [0.4, 0.5) is 0 Å². The predicted octanol–water partition coefficient (Wildman–Crippen LogP) is 0.499.